The molecule has 1 saturated heterocycles. The molecular weight excluding hydrogens is 300 g/mol. The number of benzene rings is 1. The van der Waals surface area contributed by atoms with Crippen LogP contribution in [0.5, 0.6) is 0 Å². The van der Waals surface area contributed by atoms with Crippen LogP contribution in [-0.4, -0.2) is 41.2 Å². The largest absolute Gasteiger partial charge is 0.359 e. The molecule has 122 valence electrons. The second kappa shape index (κ2) is 6.84. The molecular formula is C19H20N4O. The van der Waals surface area contributed by atoms with E-state index in [1.54, 1.807) is 0 Å². The summed E-state index contributed by atoms with van der Waals surface area (Å²) in [4.78, 5) is 9.15. The highest BCUT2D eigenvalue weighted by atomic mass is 16.5. The normalized spacial score (nSPS) is 15.6. The van der Waals surface area contributed by atoms with E-state index in [1.807, 2.05) is 54.7 Å². The summed E-state index contributed by atoms with van der Waals surface area (Å²) in [5.74, 6) is 1.98. The third kappa shape index (κ3) is 3.31. The number of piperazine rings is 1. The molecule has 1 fully saturated rings. The third-order valence-electron chi connectivity index (χ3n) is 4.35. The molecule has 0 spiro atoms. The zero-order valence-electron chi connectivity index (χ0n) is 13.5. The lowest BCUT2D eigenvalue weighted by molar-refractivity contribution is 0.219. The summed E-state index contributed by atoms with van der Waals surface area (Å²) >= 11 is 0. The number of anilines is 1. The molecule has 0 N–H and O–H groups in total. The van der Waals surface area contributed by atoms with Crippen molar-refractivity contribution < 1.29 is 4.52 Å². The van der Waals surface area contributed by atoms with Gasteiger partial charge in [0.05, 0.1) is 6.54 Å². The Bertz CT molecular complexity index is 764. The smallest absolute Gasteiger partial charge is 0.151 e. The minimum atomic E-state index is 0.801. The van der Waals surface area contributed by atoms with Crippen LogP contribution in [0.4, 0.5) is 5.82 Å². The van der Waals surface area contributed by atoms with Crippen LogP contribution in [0.25, 0.3) is 11.3 Å². The lowest BCUT2D eigenvalue weighted by Gasteiger charge is -2.34. The van der Waals surface area contributed by atoms with Crippen LogP contribution in [0, 0.1) is 0 Å². The van der Waals surface area contributed by atoms with Gasteiger partial charge in [-0.15, -0.1) is 0 Å². The fourth-order valence-electron chi connectivity index (χ4n) is 3.03. The van der Waals surface area contributed by atoms with E-state index in [9.17, 15) is 0 Å². The van der Waals surface area contributed by atoms with E-state index in [0.717, 1.165) is 55.6 Å². The molecule has 2 aromatic heterocycles. The van der Waals surface area contributed by atoms with Crippen molar-refractivity contribution in [1.29, 1.82) is 0 Å². The van der Waals surface area contributed by atoms with Gasteiger partial charge in [0.1, 0.15) is 11.5 Å². The fourth-order valence-corrected chi connectivity index (χ4v) is 3.03. The van der Waals surface area contributed by atoms with Crippen molar-refractivity contribution in [2.45, 2.75) is 6.54 Å². The van der Waals surface area contributed by atoms with Crippen molar-refractivity contribution in [2.75, 3.05) is 31.1 Å². The summed E-state index contributed by atoms with van der Waals surface area (Å²) in [6.07, 6.45) is 1.85. The molecule has 5 nitrogen and oxygen atoms in total. The first-order valence-corrected chi connectivity index (χ1v) is 8.28. The van der Waals surface area contributed by atoms with Crippen LogP contribution in [-0.2, 0) is 6.54 Å². The Labute approximate surface area is 141 Å². The lowest BCUT2D eigenvalue weighted by Crippen LogP contribution is -2.46. The highest BCUT2D eigenvalue weighted by molar-refractivity contribution is 5.58. The minimum Gasteiger partial charge on any atom is -0.359 e. The van der Waals surface area contributed by atoms with Crippen molar-refractivity contribution in [3.05, 3.63) is 66.6 Å². The van der Waals surface area contributed by atoms with E-state index in [4.69, 9.17) is 4.52 Å². The maximum Gasteiger partial charge on any atom is 0.151 e. The molecule has 0 amide bonds. The van der Waals surface area contributed by atoms with Crippen molar-refractivity contribution in [3.8, 4) is 11.3 Å². The monoisotopic (exact) mass is 320 g/mol. The number of nitrogens with zero attached hydrogens (tertiary/aromatic N) is 4. The molecule has 5 heteroatoms. The summed E-state index contributed by atoms with van der Waals surface area (Å²) in [6, 6.07) is 18.2. The summed E-state index contributed by atoms with van der Waals surface area (Å²) in [7, 11) is 0. The molecule has 24 heavy (non-hydrogen) atoms. The van der Waals surface area contributed by atoms with Crippen LogP contribution in [0.2, 0.25) is 0 Å². The molecule has 0 unspecified atom stereocenters. The van der Waals surface area contributed by atoms with Crippen molar-refractivity contribution in [3.63, 3.8) is 0 Å². The average Bonchev–Trinajstić information content (AvgIpc) is 3.12. The van der Waals surface area contributed by atoms with Gasteiger partial charge in [-0.3, -0.25) is 4.90 Å². The van der Waals surface area contributed by atoms with E-state index in [1.165, 1.54) is 0 Å². The Morgan fingerprint density at radius 2 is 1.71 bits per heavy atom. The fraction of sp³-hybridized carbons (Fsp3) is 0.263. The molecule has 0 aliphatic carbocycles. The number of aromatic nitrogens is 2. The zero-order chi connectivity index (χ0) is 16.2. The Balaban J connectivity index is 1.35. The Kier molecular flexibility index (Phi) is 4.25. The van der Waals surface area contributed by atoms with Crippen LogP contribution in [0.15, 0.2) is 65.3 Å². The molecule has 3 heterocycles. The van der Waals surface area contributed by atoms with Crippen molar-refractivity contribution in [2.24, 2.45) is 0 Å². The Hall–Kier alpha value is -2.66. The predicted molar refractivity (Wildman–Crippen MR) is 93.7 cm³/mol. The Morgan fingerprint density at radius 1 is 0.917 bits per heavy atom. The summed E-state index contributed by atoms with van der Waals surface area (Å²) in [6.45, 7) is 4.76. The highest BCUT2D eigenvalue weighted by Crippen LogP contribution is 2.20. The molecule has 1 aliphatic rings. The molecule has 1 aliphatic heterocycles. The van der Waals surface area contributed by atoms with Gasteiger partial charge >= 0.3 is 0 Å². The van der Waals surface area contributed by atoms with Crippen LogP contribution in [0.3, 0.4) is 0 Å². The number of pyridine rings is 1. The van der Waals surface area contributed by atoms with Crippen molar-refractivity contribution >= 4 is 5.82 Å². The second-order valence-electron chi connectivity index (χ2n) is 6.00. The third-order valence-corrected chi connectivity index (χ3v) is 4.35. The van der Waals surface area contributed by atoms with E-state index >= 15 is 0 Å². The van der Waals surface area contributed by atoms with Crippen LogP contribution < -0.4 is 4.90 Å². The topological polar surface area (TPSA) is 45.4 Å². The van der Waals surface area contributed by atoms with Gasteiger partial charge in [0.2, 0.25) is 0 Å². The average molecular weight is 320 g/mol. The van der Waals surface area contributed by atoms with E-state index in [2.05, 4.69) is 26.0 Å². The predicted octanol–water partition coefficient (Wildman–Crippen LogP) is 3.06. The first-order valence-electron chi connectivity index (χ1n) is 8.28. The van der Waals surface area contributed by atoms with Gasteiger partial charge in [0.25, 0.3) is 0 Å². The second-order valence-corrected chi connectivity index (χ2v) is 6.00. The standard InChI is InChI=1S/C19H20N4O/c1-2-6-16(7-3-1)18-14-17(24-21-18)15-22-10-12-23(13-11-22)19-8-4-5-9-20-19/h1-9,14H,10-13,15H2. The summed E-state index contributed by atoms with van der Waals surface area (Å²) in [5, 5.41) is 4.19. The van der Waals surface area contributed by atoms with Gasteiger partial charge in [0, 0.05) is 44.0 Å². The molecule has 4 rings (SSSR count). The van der Waals surface area contributed by atoms with E-state index in [-0.39, 0.29) is 0 Å². The molecule has 1 aromatic carbocycles. The molecule has 0 radical (unpaired) electrons. The maximum absolute atomic E-state index is 5.52. The van der Waals surface area contributed by atoms with E-state index < -0.39 is 0 Å². The minimum absolute atomic E-state index is 0.801. The van der Waals surface area contributed by atoms with Gasteiger partial charge in [-0.2, -0.15) is 0 Å². The van der Waals surface area contributed by atoms with Gasteiger partial charge in [-0.1, -0.05) is 41.6 Å². The van der Waals surface area contributed by atoms with Gasteiger partial charge in [-0.05, 0) is 12.1 Å². The van der Waals surface area contributed by atoms with E-state index in [0.29, 0.717) is 0 Å². The summed E-state index contributed by atoms with van der Waals surface area (Å²) in [5.41, 5.74) is 1.99. The highest BCUT2D eigenvalue weighted by Gasteiger charge is 2.19. The first-order chi connectivity index (χ1) is 11.9. The zero-order valence-corrected chi connectivity index (χ0v) is 13.5. The number of hydrogen-bond acceptors (Lipinski definition) is 5. The first kappa shape index (κ1) is 14.9. The maximum atomic E-state index is 5.52. The number of rotatable bonds is 4. The molecule has 0 saturated carbocycles. The van der Waals surface area contributed by atoms with Crippen molar-refractivity contribution in [1.82, 2.24) is 15.0 Å². The number of hydrogen-bond donors (Lipinski definition) is 0. The lowest BCUT2D eigenvalue weighted by atomic mass is 10.1. The molecule has 0 atom stereocenters. The van der Waals surface area contributed by atoms with Crippen LogP contribution >= 0.6 is 0 Å². The Morgan fingerprint density at radius 3 is 2.46 bits per heavy atom. The molecule has 3 aromatic rings. The van der Waals surface area contributed by atoms with Gasteiger partial charge in [-0.25, -0.2) is 4.98 Å². The van der Waals surface area contributed by atoms with Gasteiger partial charge in [0.15, 0.2) is 5.76 Å². The SMILES string of the molecule is c1ccc(-c2cc(CN3CCN(c4ccccn4)CC3)on2)cc1. The summed E-state index contributed by atoms with van der Waals surface area (Å²) < 4.78 is 5.52. The molecule has 0 bridgehead atoms. The van der Waals surface area contributed by atoms with Crippen LogP contribution in [0.1, 0.15) is 5.76 Å². The quantitative estimate of drug-likeness (QED) is 0.739. The van der Waals surface area contributed by atoms with Gasteiger partial charge < -0.3 is 9.42 Å².